The van der Waals surface area contributed by atoms with Crippen molar-refractivity contribution < 1.29 is 22.7 Å². The zero-order valence-electron chi connectivity index (χ0n) is 10.2. The monoisotopic (exact) mass is 309 g/mol. The first kappa shape index (κ1) is 14.9. The number of nitrogens with two attached hydrogens (primary N) is 1. The second-order valence-electron chi connectivity index (χ2n) is 4.23. The lowest BCUT2D eigenvalue weighted by Gasteiger charge is -2.32. The second kappa shape index (κ2) is 5.45. The summed E-state index contributed by atoms with van der Waals surface area (Å²) in [6.07, 6.45) is -4.63. The van der Waals surface area contributed by atoms with Gasteiger partial charge in [-0.15, -0.1) is 0 Å². The topological polar surface area (TPSA) is 68.5 Å². The van der Waals surface area contributed by atoms with Gasteiger partial charge in [-0.1, -0.05) is 11.6 Å². The molecule has 20 heavy (non-hydrogen) atoms. The Bertz CT molecular complexity index is 524. The summed E-state index contributed by atoms with van der Waals surface area (Å²) in [5, 5.41) is -0.134. The van der Waals surface area contributed by atoms with Gasteiger partial charge in [-0.05, 0) is 6.07 Å². The summed E-state index contributed by atoms with van der Waals surface area (Å²) in [5.74, 6) is -0.466. The number of nitrogens with zero attached hydrogens (tertiary/aromatic N) is 2. The third-order valence-electron chi connectivity index (χ3n) is 2.83. The fraction of sp³-hybridized carbons (Fsp3) is 0.455. The zero-order chi connectivity index (χ0) is 14.9. The van der Waals surface area contributed by atoms with Gasteiger partial charge in [0.05, 0.1) is 23.7 Å². The molecule has 0 aliphatic carbocycles. The first-order valence-electron chi connectivity index (χ1n) is 5.67. The van der Waals surface area contributed by atoms with E-state index in [2.05, 4.69) is 4.98 Å². The van der Waals surface area contributed by atoms with Crippen LogP contribution in [0, 0.1) is 0 Å². The highest BCUT2D eigenvalue weighted by molar-refractivity contribution is 6.33. The van der Waals surface area contributed by atoms with Crippen molar-refractivity contribution in [3.63, 3.8) is 0 Å². The Hall–Kier alpha value is -1.54. The molecule has 1 saturated heterocycles. The van der Waals surface area contributed by atoms with E-state index in [1.165, 1.54) is 0 Å². The molecule has 0 radical (unpaired) electrons. The van der Waals surface area contributed by atoms with Gasteiger partial charge in [0, 0.05) is 12.7 Å². The minimum absolute atomic E-state index is 0.105. The largest absolute Gasteiger partial charge is 0.417 e. The van der Waals surface area contributed by atoms with E-state index in [1.54, 1.807) is 4.90 Å². The molecule has 1 unspecified atom stereocenters. The summed E-state index contributed by atoms with van der Waals surface area (Å²) in [4.78, 5) is 16.4. The van der Waals surface area contributed by atoms with Crippen molar-refractivity contribution in [2.24, 2.45) is 5.73 Å². The first-order chi connectivity index (χ1) is 9.29. The SMILES string of the molecule is NC(=O)C1CN(c2ncc(C(F)(F)F)cc2Cl)CCO1. The molecule has 9 heteroatoms. The van der Waals surface area contributed by atoms with Crippen molar-refractivity contribution >= 4 is 23.3 Å². The van der Waals surface area contributed by atoms with Crippen LogP contribution in [0.25, 0.3) is 0 Å². The second-order valence-corrected chi connectivity index (χ2v) is 4.64. The third kappa shape index (κ3) is 3.13. The fourth-order valence-corrected chi connectivity index (χ4v) is 2.12. The number of ether oxygens (including phenoxy) is 1. The molecule has 1 aliphatic rings. The highest BCUT2D eigenvalue weighted by Gasteiger charge is 2.33. The predicted octanol–water partition coefficient (Wildman–Crippen LogP) is 1.44. The van der Waals surface area contributed by atoms with Gasteiger partial charge in [-0.25, -0.2) is 4.98 Å². The van der Waals surface area contributed by atoms with Crippen LogP contribution < -0.4 is 10.6 Å². The van der Waals surface area contributed by atoms with Crippen LogP contribution >= 0.6 is 11.6 Å². The standard InChI is InChI=1S/C11H11ClF3N3O2/c12-7-3-6(11(13,14)15)4-17-10(7)18-1-2-20-8(5-18)9(16)19/h3-4,8H,1-2,5H2,(H2,16,19). The lowest BCUT2D eigenvalue weighted by Crippen LogP contribution is -2.48. The van der Waals surface area contributed by atoms with Crippen LogP contribution in [0.15, 0.2) is 12.3 Å². The number of carbonyl (C=O) groups excluding carboxylic acids is 1. The molecule has 2 rings (SSSR count). The quantitative estimate of drug-likeness (QED) is 0.897. The molecule has 0 bridgehead atoms. The molecule has 5 nitrogen and oxygen atoms in total. The summed E-state index contributed by atoms with van der Waals surface area (Å²) in [6, 6.07) is 0.804. The summed E-state index contributed by atoms with van der Waals surface area (Å²) in [6.45, 7) is 0.682. The maximum absolute atomic E-state index is 12.5. The van der Waals surface area contributed by atoms with Crippen LogP contribution in [-0.4, -0.2) is 36.7 Å². The molecule has 0 saturated carbocycles. The number of hydrogen-bond donors (Lipinski definition) is 1. The Morgan fingerprint density at radius 3 is 2.80 bits per heavy atom. The highest BCUT2D eigenvalue weighted by Crippen LogP contribution is 2.33. The normalized spacial score (nSPS) is 20.0. The number of anilines is 1. The molecule has 110 valence electrons. The van der Waals surface area contributed by atoms with E-state index in [9.17, 15) is 18.0 Å². The van der Waals surface area contributed by atoms with E-state index in [1.807, 2.05) is 0 Å². The van der Waals surface area contributed by atoms with Gasteiger partial charge in [0.2, 0.25) is 5.91 Å². The Kier molecular flexibility index (Phi) is 4.05. The Morgan fingerprint density at radius 1 is 1.55 bits per heavy atom. The number of morpholine rings is 1. The maximum Gasteiger partial charge on any atom is 0.417 e. The third-order valence-corrected chi connectivity index (χ3v) is 3.11. The number of aromatic nitrogens is 1. The lowest BCUT2D eigenvalue weighted by molar-refractivity contribution is -0.137. The minimum atomic E-state index is -4.50. The molecule has 1 atom stereocenters. The number of rotatable bonds is 2. The van der Waals surface area contributed by atoms with Gasteiger partial charge in [-0.2, -0.15) is 13.2 Å². The minimum Gasteiger partial charge on any atom is -0.367 e. The number of carbonyl (C=O) groups is 1. The molecule has 1 aromatic rings. The van der Waals surface area contributed by atoms with Crippen molar-refractivity contribution in [2.75, 3.05) is 24.6 Å². The summed E-state index contributed by atoms with van der Waals surface area (Å²) >= 11 is 5.83. The first-order valence-corrected chi connectivity index (χ1v) is 6.05. The molecule has 1 aromatic heterocycles. The van der Waals surface area contributed by atoms with Crippen molar-refractivity contribution in [1.82, 2.24) is 4.98 Å². The van der Waals surface area contributed by atoms with Crippen LogP contribution in [0.3, 0.4) is 0 Å². The Labute approximate surface area is 117 Å². The molecular formula is C11H11ClF3N3O2. The summed E-state index contributed by atoms with van der Waals surface area (Å²) < 4.78 is 42.7. The van der Waals surface area contributed by atoms with Gasteiger partial charge in [0.25, 0.3) is 0 Å². The van der Waals surface area contributed by atoms with E-state index >= 15 is 0 Å². The molecule has 1 aliphatic heterocycles. The summed E-state index contributed by atoms with van der Waals surface area (Å²) in [5.41, 5.74) is 4.21. The van der Waals surface area contributed by atoms with Crippen molar-refractivity contribution in [1.29, 1.82) is 0 Å². The number of amides is 1. The Morgan fingerprint density at radius 2 is 2.25 bits per heavy atom. The number of halogens is 4. The zero-order valence-corrected chi connectivity index (χ0v) is 10.9. The lowest BCUT2D eigenvalue weighted by atomic mass is 10.2. The predicted molar refractivity (Wildman–Crippen MR) is 65.4 cm³/mol. The number of primary amides is 1. The van der Waals surface area contributed by atoms with Crippen molar-refractivity contribution in [2.45, 2.75) is 12.3 Å². The maximum atomic E-state index is 12.5. The average Bonchev–Trinajstić information content (AvgIpc) is 2.37. The van der Waals surface area contributed by atoms with Gasteiger partial charge in [0.1, 0.15) is 5.82 Å². The molecule has 0 spiro atoms. The molecule has 2 heterocycles. The van der Waals surface area contributed by atoms with Gasteiger partial charge in [-0.3, -0.25) is 4.79 Å². The molecule has 1 amide bonds. The molecular weight excluding hydrogens is 299 g/mol. The fourth-order valence-electron chi connectivity index (χ4n) is 1.83. The van der Waals surface area contributed by atoms with E-state index < -0.39 is 23.8 Å². The Balaban J connectivity index is 2.23. The molecule has 1 fully saturated rings. The van der Waals surface area contributed by atoms with Crippen LogP contribution in [0.2, 0.25) is 5.02 Å². The molecule has 2 N–H and O–H groups in total. The van der Waals surface area contributed by atoms with Crippen LogP contribution in [0.1, 0.15) is 5.56 Å². The van der Waals surface area contributed by atoms with E-state index in [4.69, 9.17) is 22.1 Å². The smallest absolute Gasteiger partial charge is 0.367 e. The van der Waals surface area contributed by atoms with Crippen molar-refractivity contribution in [3.05, 3.63) is 22.8 Å². The van der Waals surface area contributed by atoms with Gasteiger partial charge >= 0.3 is 6.18 Å². The number of alkyl halides is 3. The van der Waals surface area contributed by atoms with E-state index in [-0.39, 0.29) is 24.0 Å². The van der Waals surface area contributed by atoms with E-state index in [0.717, 1.165) is 6.07 Å². The average molecular weight is 310 g/mol. The van der Waals surface area contributed by atoms with Gasteiger partial charge < -0.3 is 15.4 Å². The van der Waals surface area contributed by atoms with Crippen LogP contribution in [0.5, 0.6) is 0 Å². The highest BCUT2D eigenvalue weighted by atomic mass is 35.5. The van der Waals surface area contributed by atoms with Crippen molar-refractivity contribution in [3.8, 4) is 0 Å². The van der Waals surface area contributed by atoms with Crippen LogP contribution in [0.4, 0.5) is 19.0 Å². The number of pyridine rings is 1. The molecule has 0 aromatic carbocycles. The van der Waals surface area contributed by atoms with Crippen LogP contribution in [-0.2, 0) is 15.7 Å². The van der Waals surface area contributed by atoms with E-state index in [0.29, 0.717) is 12.7 Å². The number of hydrogen-bond acceptors (Lipinski definition) is 4. The van der Waals surface area contributed by atoms with Gasteiger partial charge in [0.15, 0.2) is 6.10 Å². The summed E-state index contributed by atoms with van der Waals surface area (Å²) in [7, 11) is 0.